The lowest BCUT2D eigenvalue weighted by Crippen LogP contribution is -2.12. The number of hydrogen-bond acceptors (Lipinski definition) is 4. The third-order valence-electron chi connectivity index (χ3n) is 2.62. The van der Waals surface area contributed by atoms with Crippen LogP contribution >= 0.6 is 0 Å². The molecule has 5 nitrogen and oxygen atoms in total. The molecule has 18 heavy (non-hydrogen) atoms. The lowest BCUT2D eigenvalue weighted by molar-refractivity contribution is 0.0933. The van der Waals surface area contributed by atoms with Gasteiger partial charge in [0.1, 0.15) is 5.69 Å². The van der Waals surface area contributed by atoms with Gasteiger partial charge in [-0.1, -0.05) is 6.92 Å². The van der Waals surface area contributed by atoms with E-state index in [-0.39, 0.29) is 5.78 Å². The molecule has 102 valence electrons. The highest BCUT2D eigenvalue weighted by Gasteiger charge is 2.18. The average Bonchev–Trinajstić information content (AvgIpc) is 2.78. The van der Waals surface area contributed by atoms with E-state index < -0.39 is 0 Å². The summed E-state index contributed by atoms with van der Waals surface area (Å²) < 4.78 is 12.1. The molecule has 0 N–H and O–H groups in total. The van der Waals surface area contributed by atoms with Crippen LogP contribution in [-0.2, 0) is 11.3 Å². The summed E-state index contributed by atoms with van der Waals surface area (Å²) in [7, 11) is 1.56. The van der Waals surface area contributed by atoms with Crippen molar-refractivity contribution in [3.8, 4) is 5.75 Å². The van der Waals surface area contributed by atoms with E-state index in [1.54, 1.807) is 18.0 Å². The Kier molecular flexibility index (Phi) is 6.43. The highest BCUT2D eigenvalue weighted by molar-refractivity contribution is 5.96. The van der Waals surface area contributed by atoms with Crippen LogP contribution in [0.2, 0.25) is 0 Å². The standard InChI is InChI=1S/C13H22N2O3/c1-4-8-15-13(12(17-3)10-14-15)11(16)7-6-9-18-5-2/h10H,4-9H2,1-3H3. The van der Waals surface area contributed by atoms with Crippen molar-refractivity contribution in [2.75, 3.05) is 20.3 Å². The van der Waals surface area contributed by atoms with E-state index in [9.17, 15) is 4.79 Å². The summed E-state index contributed by atoms with van der Waals surface area (Å²) >= 11 is 0. The topological polar surface area (TPSA) is 53.4 Å². The number of ketones is 1. The first-order valence-electron chi connectivity index (χ1n) is 6.45. The highest BCUT2D eigenvalue weighted by atomic mass is 16.5. The normalized spacial score (nSPS) is 10.6. The van der Waals surface area contributed by atoms with Crippen molar-refractivity contribution >= 4 is 5.78 Å². The van der Waals surface area contributed by atoms with E-state index in [1.165, 1.54) is 0 Å². The monoisotopic (exact) mass is 254 g/mol. The van der Waals surface area contributed by atoms with Gasteiger partial charge in [0, 0.05) is 26.2 Å². The number of rotatable bonds is 9. The molecule has 0 bridgehead atoms. The predicted octanol–water partition coefficient (Wildman–Crippen LogP) is 2.30. The van der Waals surface area contributed by atoms with Crippen LogP contribution in [0, 0.1) is 0 Å². The van der Waals surface area contributed by atoms with Crippen LogP contribution in [0.4, 0.5) is 0 Å². The first kappa shape index (κ1) is 14.7. The number of carbonyl (C=O) groups excluding carboxylic acids is 1. The van der Waals surface area contributed by atoms with Crippen molar-refractivity contribution in [2.45, 2.75) is 39.7 Å². The molecule has 0 aliphatic carbocycles. The van der Waals surface area contributed by atoms with Crippen LogP contribution in [-0.4, -0.2) is 35.9 Å². The molecular weight excluding hydrogens is 232 g/mol. The van der Waals surface area contributed by atoms with Crippen molar-refractivity contribution < 1.29 is 14.3 Å². The Hall–Kier alpha value is -1.36. The Morgan fingerprint density at radius 1 is 1.44 bits per heavy atom. The van der Waals surface area contributed by atoms with E-state index in [2.05, 4.69) is 12.0 Å². The van der Waals surface area contributed by atoms with Gasteiger partial charge in [-0.25, -0.2) is 0 Å². The van der Waals surface area contributed by atoms with Gasteiger partial charge in [-0.15, -0.1) is 0 Å². The minimum atomic E-state index is 0.0671. The van der Waals surface area contributed by atoms with E-state index in [0.717, 1.165) is 19.4 Å². The fourth-order valence-corrected chi connectivity index (χ4v) is 1.78. The summed E-state index contributed by atoms with van der Waals surface area (Å²) in [6, 6.07) is 0. The molecule has 0 amide bonds. The molecule has 1 rings (SSSR count). The molecule has 0 spiro atoms. The van der Waals surface area contributed by atoms with Gasteiger partial charge in [0.2, 0.25) is 0 Å². The molecule has 0 aliphatic heterocycles. The van der Waals surface area contributed by atoms with Gasteiger partial charge in [0.25, 0.3) is 0 Å². The average molecular weight is 254 g/mol. The second-order valence-electron chi connectivity index (χ2n) is 4.01. The Morgan fingerprint density at radius 2 is 2.22 bits per heavy atom. The fraction of sp³-hybridized carbons (Fsp3) is 0.692. The maximum Gasteiger partial charge on any atom is 0.184 e. The number of aromatic nitrogens is 2. The van der Waals surface area contributed by atoms with Crippen molar-refractivity contribution in [1.29, 1.82) is 0 Å². The molecule has 0 unspecified atom stereocenters. The summed E-state index contributed by atoms with van der Waals surface area (Å²) in [5.74, 6) is 0.627. The Bertz CT molecular complexity index is 374. The van der Waals surface area contributed by atoms with Gasteiger partial charge in [0.05, 0.1) is 13.3 Å². The molecule has 1 heterocycles. The molecule has 0 aromatic carbocycles. The highest BCUT2D eigenvalue weighted by Crippen LogP contribution is 2.20. The Morgan fingerprint density at radius 3 is 2.83 bits per heavy atom. The molecule has 0 radical (unpaired) electrons. The Balaban J connectivity index is 2.67. The van der Waals surface area contributed by atoms with Crippen LogP contribution in [0.5, 0.6) is 5.75 Å². The summed E-state index contributed by atoms with van der Waals surface area (Å²) in [4.78, 5) is 12.1. The quantitative estimate of drug-likeness (QED) is 0.501. The number of carbonyl (C=O) groups is 1. The van der Waals surface area contributed by atoms with E-state index in [1.807, 2.05) is 6.92 Å². The third-order valence-corrected chi connectivity index (χ3v) is 2.62. The molecule has 0 atom stereocenters. The minimum Gasteiger partial charge on any atom is -0.493 e. The summed E-state index contributed by atoms with van der Waals surface area (Å²) in [6.07, 6.45) is 3.73. The molecule has 5 heteroatoms. The summed E-state index contributed by atoms with van der Waals surface area (Å²) in [5, 5.41) is 4.18. The van der Waals surface area contributed by atoms with Gasteiger partial charge in [0.15, 0.2) is 11.5 Å². The van der Waals surface area contributed by atoms with Crippen molar-refractivity contribution in [3.63, 3.8) is 0 Å². The van der Waals surface area contributed by atoms with E-state index in [0.29, 0.717) is 31.1 Å². The zero-order valence-corrected chi connectivity index (χ0v) is 11.4. The number of nitrogens with zero attached hydrogens (tertiary/aromatic N) is 2. The van der Waals surface area contributed by atoms with Gasteiger partial charge in [-0.3, -0.25) is 9.48 Å². The van der Waals surface area contributed by atoms with Crippen LogP contribution in [0.25, 0.3) is 0 Å². The first-order valence-corrected chi connectivity index (χ1v) is 6.45. The van der Waals surface area contributed by atoms with Gasteiger partial charge < -0.3 is 9.47 Å². The van der Waals surface area contributed by atoms with Crippen LogP contribution < -0.4 is 4.74 Å². The van der Waals surface area contributed by atoms with Crippen molar-refractivity contribution in [1.82, 2.24) is 9.78 Å². The zero-order valence-electron chi connectivity index (χ0n) is 11.4. The molecule has 0 fully saturated rings. The van der Waals surface area contributed by atoms with Gasteiger partial charge >= 0.3 is 0 Å². The molecule has 1 aromatic heterocycles. The third kappa shape index (κ3) is 3.84. The Labute approximate surface area is 108 Å². The zero-order chi connectivity index (χ0) is 13.4. The molecule has 0 aliphatic rings. The van der Waals surface area contributed by atoms with Gasteiger partial charge in [-0.2, -0.15) is 5.10 Å². The van der Waals surface area contributed by atoms with E-state index >= 15 is 0 Å². The second kappa shape index (κ2) is 7.87. The number of Topliss-reactive ketones (excluding diaryl/α,β-unsaturated/α-hetero) is 1. The smallest absolute Gasteiger partial charge is 0.184 e. The second-order valence-corrected chi connectivity index (χ2v) is 4.01. The number of methoxy groups -OCH3 is 1. The van der Waals surface area contributed by atoms with Crippen molar-refractivity contribution in [3.05, 3.63) is 11.9 Å². The molecular formula is C13H22N2O3. The number of ether oxygens (including phenoxy) is 2. The molecule has 1 aromatic rings. The number of aryl methyl sites for hydroxylation is 1. The maximum absolute atomic E-state index is 12.1. The summed E-state index contributed by atoms with van der Waals surface area (Å²) in [5.41, 5.74) is 0.579. The SMILES string of the molecule is CCCn1ncc(OC)c1C(=O)CCCOCC. The van der Waals surface area contributed by atoms with E-state index in [4.69, 9.17) is 9.47 Å². The van der Waals surface area contributed by atoms with Crippen molar-refractivity contribution in [2.24, 2.45) is 0 Å². The van der Waals surface area contributed by atoms with Crippen LogP contribution in [0.3, 0.4) is 0 Å². The van der Waals surface area contributed by atoms with Crippen LogP contribution in [0.15, 0.2) is 6.20 Å². The summed E-state index contributed by atoms with van der Waals surface area (Å²) in [6.45, 7) is 6.03. The molecule has 0 saturated carbocycles. The fourth-order valence-electron chi connectivity index (χ4n) is 1.78. The largest absolute Gasteiger partial charge is 0.493 e. The maximum atomic E-state index is 12.1. The molecule has 0 saturated heterocycles. The van der Waals surface area contributed by atoms with Crippen LogP contribution in [0.1, 0.15) is 43.6 Å². The first-order chi connectivity index (χ1) is 8.74. The lowest BCUT2D eigenvalue weighted by atomic mass is 10.1. The van der Waals surface area contributed by atoms with Gasteiger partial charge in [-0.05, 0) is 19.8 Å². The lowest BCUT2D eigenvalue weighted by Gasteiger charge is -2.07. The number of hydrogen-bond donors (Lipinski definition) is 0. The predicted molar refractivity (Wildman–Crippen MR) is 69.1 cm³/mol. The minimum absolute atomic E-state index is 0.0671.